The molecule has 3 rings (SSSR count). The van der Waals surface area contributed by atoms with Gasteiger partial charge in [-0.2, -0.15) is 0 Å². The maximum atomic E-state index is 12.5. The Hall–Kier alpha value is -2.65. The van der Waals surface area contributed by atoms with E-state index in [9.17, 15) is 18.0 Å². The Balaban J connectivity index is 1.75. The molecule has 25 heavy (non-hydrogen) atoms. The van der Waals surface area contributed by atoms with E-state index >= 15 is 0 Å². The third-order valence-corrected chi connectivity index (χ3v) is 4.86. The fraction of sp³-hybridized carbons (Fsp3) is 0.250. The van der Waals surface area contributed by atoms with Crippen LogP contribution in [0.15, 0.2) is 46.1 Å². The minimum Gasteiger partial charge on any atom is -0.472 e. The van der Waals surface area contributed by atoms with Gasteiger partial charge in [-0.15, -0.1) is 0 Å². The third kappa shape index (κ3) is 3.42. The monoisotopic (exact) mass is 364 g/mol. The molecule has 2 aromatic rings. The second kappa shape index (κ2) is 6.34. The SMILES string of the molecule is CC1Cc2cc(S(N)(=O)=O)ccc2N1C(=O)COC(=O)c1ccoc1. The molecule has 0 spiro atoms. The number of carbonyl (C=O) groups is 2. The van der Waals surface area contributed by atoms with Gasteiger partial charge in [0.25, 0.3) is 5.91 Å². The zero-order valence-corrected chi connectivity index (χ0v) is 14.2. The van der Waals surface area contributed by atoms with Crippen molar-refractivity contribution in [2.24, 2.45) is 5.14 Å². The average Bonchev–Trinajstić information content (AvgIpc) is 3.17. The van der Waals surface area contributed by atoms with Crippen LogP contribution in [0.3, 0.4) is 0 Å². The highest BCUT2D eigenvalue weighted by Gasteiger charge is 2.32. The van der Waals surface area contributed by atoms with E-state index in [-0.39, 0.29) is 16.5 Å². The van der Waals surface area contributed by atoms with E-state index < -0.39 is 28.5 Å². The summed E-state index contributed by atoms with van der Waals surface area (Å²) >= 11 is 0. The van der Waals surface area contributed by atoms with Crippen molar-refractivity contribution < 1.29 is 27.2 Å². The molecule has 2 N–H and O–H groups in total. The molecule has 1 aliphatic heterocycles. The van der Waals surface area contributed by atoms with E-state index in [4.69, 9.17) is 14.3 Å². The van der Waals surface area contributed by atoms with Crippen LogP contribution in [0, 0.1) is 0 Å². The Kier molecular flexibility index (Phi) is 4.36. The van der Waals surface area contributed by atoms with Crippen LogP contribution >= 0.6 is 0 Å². The zero-order valence-electron chi connectivity index (χ0n) is 13.3. The number of esters is 1. The number of furan rings is 1. The quantitative estimate of drug-likeness (QED) is 0.810. The highest BCUT2D eigenvalue weighted by atomic mass is 32.2. The Morgan fingerprint density at radius 3 is 2.76 bits per heavy atom. The maximum absolute atomic E-state index is 12.5. The van der Waals surface area contributed by atoms with Gasteiger partial charge in [0, 0.05) is 11.7 Å². The summed E-state index contributed by atoms with van der Waals surface area (Å²) in [6.45, 7) is 1.40. The maximum Gasteiger partial charge on any atom is 0.341 e. The van der Waals surface area contributed by atoms with E-state index in [0.29, 0.717) is 17.7 Å². The fourth-order valence-electron chi connectivity index (χ4n) is 2.83. The van der Waals surface area contributed by atoms with Gasteiger partial charge in [0.2, 0.25) is 10.0 Å². The van der Waals surface area contributed by atoms with Crippen LogP contribution in [0.1, 0.15) is 22.8 Å². The third-order valence-electron chi connectivity index (χ3n) is 3.95. The molecule has 1 aromatic carbocycles. The van der Waals surface area contributed by atoms with E-state index in [0.717, 1.165) is 0 Å². The molecule has 2 heterocycles. The highest BCUT2D eigenvalue weighted by Crippen LogP contribution is 2.33. The summed E-state index contributed by atoms with van der Waals surface area (Å²) in [5.74, 6) is -1.05. The Bertz CT molecular complexity index is 920. The molecule has 1 atom stereocenters. The molecule has 0 fully saturated rings. The van der Waals surface area contributed by atoms with Crippen molar-refractivity contribution in [2.75, 3.05) is 11.5 Å². The van der Waals surface area contributed by atoms with Gasteiger partial charge >= 0.3 is 5.97 Å². The predicted octanol–water partition coefficient (Wildman–Crippen LogP) is 1.06. The van der Waals surface area contributed by atoms with Crippen molar-refractivity contribution >= 4 is 27.6 Å². The number of benzene rings is 1. The number of amides is 1. The number of rotatable bonds is 4. The summed E-state index contributed by atoms with van der Waals surface area (Å²) in [6, 6.07) is 5.60. The lowest BCUT2D eigenvalue weighted by Crippen LogP contribution is -2.38. The molecule has 0 saturated heterocycles. The molecule has 1 unspecified atom stereocenters. The summed E-state index contributed by atoms with van der Waals surface area (Å²) in [6.07, 6.45) is 3.05. The van der Waals surface area contributed by atoms with Crippen molar-refractivity contribution in [3.05, 3.63) is 47.9 Å². The molecule has 0 bridgehead atoms. The van der Waals surface area contributed by atoms with Gasteiger partial charge in [-0.1, -0.05) is 0 Å². The predicted molar refractivity (Wildman–Crippen MR) is 87.5 cm³/mol. The van der Waals surface area contributed by atoms with Crippen LogP contribution in [0.5, 0.6) is 0 Å². The van der Waals surface area contributed by atoms with E-state index in [1.165, 1.54) is 41.7 Å². The smallest absolute Gasteiger partial charge is 0.341 e. The van der Waals surface area contributed by atoms with Crippen LogP contribution in [-0.4, -0.2) is 32.9 Å². The topological polar surface area (TPSA) is 120 Å². The van der Waals surface area contributed by atoms with E-state index in [2.05, 4.69) is 0 Å². The summed E-state index contributed by atoms with van der Waals surface area (Å²) in [4.78, 5) is 25.7. The van der Waals surface area contributed by atoms with Crippen LogP contribution in [0.25, 0.3) is 0 Å². The number of fused-ring (bicyclic) bond motifs is 1. The second-order valence-corrected chi connectivity index (χ2v) is 7.30. The molecule has 8 nitrogen and oxygen atoms in total. The first-order chi connectivity index (χ1) is 11.8. The molecule has 9 heteroatoms. The number of carbonyl (C=O) groups excluding carboxylic acids is 2. The molecular weight excluding hydrogens is 348 g/mol. The molecule has 1 aromatic heterocycles. The minimum absolute atomic E-state index is 0.000801. The second-order valence-electron chi connectivity index (χ2n) is 5.74. The highest BCUT2D eigenvalue weighted by molar-refractivity contribution is 7.89. The van der Waals surface area contributed by atoms with Crippen LogP contribution < -0.4 is 10.0 Å². The molecule has 0 aliphatic carbocycles. The van der Waals surface area contributed by atoms with Crippen molar-refractivity contribution in [2.45, 2.75) is 24.3 Å². The minimum atomic E-state index is -3.81. The molecular formula is C16H16N2O6S. The Morgan fingerprint density at radius 1 is 1.36 bits per heavy atom. The molecule has 1 aliphatic rings. The van der Waals surface area contributed by atoms with E-state index in [1.807, 2.05) is 6.92 Å². The fourth-order valence-corrected chi connectivity index (χ4v) is 3.39. The number of nitrogens with two attached hydrogens (primary N) is 1. The number of sulfonamides is 1. The number of anilines is 1. The lowest BCUT2D eigenvalue weighted by atomic mass is 10.1. The lowest BCUT2D eigenvalue weighted by Gasteiger charge is -2.22. The van der Waals surface area contributed by atoms with Gasteiger partial charge in [-0.25, -0.2) is 18.4 Å². The summed E-state index contributed by atoms with van der Waals surface area (Å²) in [5.41, 5.74) is 1.51. The summed E-state index contributed by atoms with van der Waals surface area (Å²) in [5, 5.41) is 5.13. The van der Waals surface area contributed by atoms with Crippen LogP contribution in [-0.2, 0) is 26.0 Å². The van der Waals surface area contributed by atoms with Gasteiger partial charge in [-0.05, 0) is 43.2 Å². The summed E-state index contributed by atoms with van der Waals surface area (Å²) in [7, 11) is -3.81. The van der Waals surface area contributed by atoms with E-state index in [1.54, 1.807) is 0 Å². The number of ether oxygens (including phenoxy) is 1. The number of nitrogens with zero attached hydrogens (tertiary/aromatic N) is 1. The van der Waals surface area contributed by atoms with Crippen molar-refractivity contribution in [1.82, 2.24) is 0 Å². The van der Waals surface area contributed by atoms with Gasteiger partial charge in [-0.3, -0.25) is 4.79 Å². The van der Waals surface area contributed by atoms with Crippen molar-refractivity contribution in [3.8, 4) is 0 Å². The van der Waals surface area contributed by atoms with Crippen LogP contribution in [0.2, 0.25) is 0 Å². The normalized spacial score (nSPS) is 16.6. The average molecular weight is 364 g/mol. The van der Waals surface area contributed by atoms with Crippen molar-refractivity contribution in [1.29, 1.82) is 0 Å². The van der Waals surface area contributed by atoms with Gasteiger partial charge in [0.05, 0.1) is 16.7 Å². The van der Waals surface area contributed by atoms with Gasteiger partial charge < -0.3 is 14.1 Å². The first kappa shape index (κ1) is 17.2. The molecule has 0 radical (unpaired) electrons. The summed E-state index contributed by atoms with van der Waals surface area (Å²) < 4.78 is 32.7. The first-order valence-corrected chi connectivity index (χ1v) is 8.99. The number of hydrogen-bond donors (Lipinski definition) is 1. The number of hydrogen-bond acceptors (Lipinski definition) is 6. The van der Waals surface area contributed by atoms with Gasteiger partial charge in [0.15, 0.2) is 6.61 Å². The molecule has 0 saturated carbocycles. The zero-order chi connectivity index (χ0) is 18.2. The Morgan fingerprint density at radius 2 is 2.12 bits per heavy atom. The largest absolute Gasteiger partial charge is 0.472 e. The van der Waals surface area contributed by atoms with Crippen LogP contribution in [0.4, 0.5) is 5.69 Å². The lowest BCUT2D eigenvalue weighted by molar-refractivity contribution is -0.122. The standard InChI is InChI=1S/C16H16N2O6S/c1-10-6-12-7-13(25(17,21)22)2-3-14(12)18(10)15(19)9-24-16(20)11-4-5-23-8-11/h2-5,7-8,10H,6,9H2,1H3,(H2,17,21,22). The molecule has 132 valence electrons. The number of primary sulfonamides is 1. The Labute approximate surface area is 144 Å². The van der Waals surface area contributed by atoms with Crippen molar-refractivity contribution in [3.63, 3.8) is 0 Å². The first-order valence-electron chi connectivity index (χ1n) is 7.44. The van der Waals surface area contributed by atoms with Gasteiger partial charge in [0.1, 0.15) is 6.26 Å². The molecule has 1 amide bonds.